The molecule has 112 valence electrons. The first-order chi connectivity index (χ1) is 9.09. The molecule has 0 aliphatic heterocycles. The topological polar surface area (TPSA) is 15.7 Å². The van der Waals surface area contributed by atoms with Gasteiger partial charge in [-0.25, -0.2) is 0 Å². The third-order valence-corrected chi connectivity index (χ3v) is 5.01. The molecule has 19 heavy (non-hydrogen) atoms. The van der Waals surface area contributed by atoms with E-state index in [1.54, 1.807) is 0 Å². The molecule has 0 spiro atoms. The Kier molecular flexibility index (Phi) is 5.67. The van der Waals surface area contributed by atoms with E-state index in [9.17, 15) is 0 Å². The van der Waals surface area contributed by atoms with E-state index in [0.29, 0.717) is 24.3 Å². The minimum Gasteiger partial charge on any atom is -0.372 e. The van der Waals surface area contributed by atoms with Gasteiger partial charge in [0.05, 0.1) is 12.2 Å². The van der Waals surface area contributed by atoms with Crippen LogP contribution in [0.2, 0.25) is 0 Å². The molecule has 2 saturated carbocycles. The quantitative estimate of drug-likeness (QED) is 0.780. The average Bonchev–Trinajstić information content (AvgIpc) is 2.39. The van der Waals surface area contributed by atoms with Gasteiger partial charge in [-0.15, -0.1) is 0 Å². The van der Waals surface area contributed by atoms with Crippen molar-refractivity contribution in [1.29, 1.82) is 0 Å². The van der Waals surface area contributed by atoms with Crippen LogP contribution in [0.25, 0.3) is 0 Å². The van der Waals surface area contributed by atoms with Gasteiger partial charge in [0.1, 0.15) is 0 Å². The van der Waals surface area contributed by atoms with Gasteiger partial charge in [0, 0.05) is 12.1 Å². The van der Waals surface area contributed by atoms with Crippen LogP contribution in [0.3, 0.4) is 0 Å². The Morgan fingerprint density at radius 3 is 1.37 bits per heavy atom. The van der Waals surface area contributed by atoms with Crippen LogP contribution >= 0.6 is 0 Å². The largest absolute Gasteiger partial charge is 0.372 e. The molecule has 0 saturated heterocycles. The van der Waals surface area contributed by atoms with Crippen molar-refractivity contribution in [3.8, 4) is 0 Å². The number of nitrogens with zero attached hydrogens (tertiary/aromatic N) is 2. The first kappa shape index (κ1) is 15.3. The Labute approximate surface area is 119 Å². The summed E-state index contributed by atoms with van der Waals surface area (Å²) in [7, 11) is 8.82. The maximum Gasteiger partial charge on any atom is 0.0734 e. The van der Waals surface area contributed by atoms with E-state index in [4.69, 9.17) is 4.74 Å². The Hall–Kier alpha value is -0.120. The van der Waals surface area contributed by atoms with Crippen LogP contribution in [0.4, 0.5) is 0 Å². The van der Waals surface area contributed by atoms with Crippen LogP contribution in [-0.4, -0.2) is 62.3 Å². The molecule has 0 aromatic heterocycles. The summed E-state index contributed by atoms with van der Waals surface area (Å²) < 4.78 is 6.60. The Balaban J connectivity index is 1.96. The lowest BCUT2D eigenvalue weighted by Crippen LogP contribution is -2.49. The van der Waals surface area contributed by atoms with Crippen LogP contribution < -0.4 is 0 Å². The number of likely N-dealkylation sites (N-methyl/N-ethyl adjacent to an activating group) is 2. The van der Waals surface area contributed by atoms with Crippen molar-refractivity contribution in [2.45, 2.75) is 75.7 Å². The van der Waals surface area contributed by atoms with E-state index in [1.807, 2.05) is 0 Å². The maximum absolute atomic E-state index is 6.60. The molecule has 0 bridgehead atoms. The summed E-state index contributed by atoms with van der Waals surface area (Å²) in [6, 6.07) is 1.25. The molecule has 0 amide bonds. The molecule has 0 heterocycles. The number of hydrogen-bond donors (Lipinski definition) is 0. The van der Waals surface area contributed by atoms with Gasteiger partial charge in [-0.3, -0.25) is 0 Å². The van der Waals surface area contributed by atoms with Gasteiger partial charge in [-0.1, -0.05) is 25.7 Å². The molecule has 2 fully saturated rings. The van der Waals surface area contributed by atoms with Gasteiger partial charge < -0.3 is 14.5 Å². The number of hydrogen-bond acceptors (Lipinski definition) is 3. The smallest absolute Gasteiger partial charge is 0.0734 e. The van der Waals surface area contributed by atoms with Crippen LogP contribution in [-0.2, 0) is 4.74 Å². The van der Waals surface area contributed by atoms with Crippen molar-refractivity contribution in [1.82, 2.24) is 9.80 Å². The van der Waals surface area contributed by atoms with Gasteiger partial charge >= 0.3 is 0 Å². The molecule has 2 rings (SSSR count). The minimum atomic E-state index is 0.453. The molecular weight excluding hydrogens is 236 g/mol. The Morgan fingerprint density at radius 2 is 1.00 bits per heavy atom. The molecule has 0 radical (unpaired) electrons. The third kappa shape index (κ3) is 3.93. The highest BCUT2D eigenvalue weighted by Gasteiger charge is 2.34. The fourth-order valence-corrected chi connectivity index (χ4v) is 3.88. The summed E-state index contributed by atoms with van der Waals surface area (Å²) in [5.41, 5.74) is 0. The highest BCUT2D eigenvalue weighted by Crippen LogP contribution is 2.30. The van der Waals surface area contributed by atoms with E-state index in [1.165, 1.54) is 51.4 Å². The second kappa shape index (κ2) is 7.05. The summed E-state index contributed by atoms with van der Waals surface area (Å²) in [6.07, 6.45) is 11.4. The molecule has 2 aliphatic rings. The second-order valence-electron chi connectivity index (χ2n) is 6.84. The van der Waals surface area contributed by atoms with Gasteiger partial charge in [0.25, 0.3) is 0 Å². The first-order valence-corrected chi connectivity index (χ1v) is 8.08. The summed E-state index contributed by atoms with van der Waals surface area (Å²) in [5, 5.41) is 0. The van der Waals surface area contributed by atoms with Gasteiger partial charge in [-0.2, -0.15) is 0 Å². The Morgan fingerprint density at radius 1 is 0.632 bits per heavy atom. The average molecular weight is 268 g/mol. The molecule has 3 heteroatoms. The van der Waals surface area contributed by atoms with Gasteiger partial charge in [0.15, 0.2) is 0 Å². The number of rotatable bonds is 4. The molecule has 0 aromatic carbocycles. The lowest BCUT2D eigenvalue weighted by molar-refractivity contribution is -0.103. The highest BCUT2D eigenvalue weighted by atomic mass is 16.5. The Bertz CT molecular complexity index is 241. The van der Waals surface area contributed by atoms with E-state index >= 15 is 0 Å². The molecule has 2 aliphatic carbocycles. The van der Waals surface area contributed by atoms with Crippen molar-refractivity contribution in [2.24, 2.45) is 0 Å². The van der Waals surface area contributed by atoms with E-state index < -0.39 is 0 Å². The second-order valence-corrected chi connectivity index (χ2v) is 6.84. The first-order valence-electron chi connectivity index (χ1n) is 8.08. The molecule has 0 aromatic rings. The highest BCUT2D eigenvalue weighted by molar-refractivity contribution is 4.87. The lowest BCUT2D eigenvalue weighted by atomic mass is 9.89. The van der Waals surface area contributed by atoms with E-state index in [-0.39, 0.29) is 0 Å². The van der Waals surface area contributed by atoms with Gasteiger partial charge in [-0.05, 0) is 53.9 Å². The fraction of sp³-hybridized carbons (Fsp3) is 1.00. The normalized spacial score (nSPS) is 36.9. The third-order valence-electron chi connectivity index (χ3n) is 5.01. The van der Waals surface area contributed by atoms with Crippen molar-refractivity contribution in [2.75, 3.05) is 28.2 Å². The standard InChI is InChI=1S/C16H32N2O/c1-17(2)13-9-5-7-11-15(13)19-16-12-8-6-10-14(16)18(3)4/h13-16H,5-12H2,1-4H3. The summed E-state index contributed by atoms with van der Waals surface area (Å²) >= 11 is 0. The van der Waals surface area contributed by atoms with Crippen molar-refractivity contribution in [3.63, 3.8) is 0 Å². The van der Waals surface area contributed by atoms with Crippen LogP contribution in [0, 0.1) is 0 Å². The van der Waals surface area contributed by atoms with Crippen LogP contribution in [0.5, 0.6) is 0 Å². The summed E-state index contributed by atoms with van der Waals surface area (Å²) in [6.45, 7) is 0. The minimum absolute atomic E-state index is 0.453. The van der Waals surface area contributed by atoms with Crippen molar-refractivity contribution >= 4 is 0 Å². The summed E-state index contributed by atoms with van der Waals surface area (Å²) in [4.78, 5) is 4.74. The molecule has 4 atom stereocenters. The zero-order valence-electron chi connectivity index (χ0n) is 13.3. The van der Waals surface area contributed by atoms with E-state index in [2.05, 4.69) is 38.0 Å². The number of ether oxygens (including phenoxy) is 1. The molecule has 0 N–H and O–H groups in total. The van der Waals surface area contributed by atoms with Crippen LogP contribution in [0.15, 0.2) is 0 Å². The summed E-state index contributed by atoms with van der Waals surface area (Å²) in [5.74, 6) is 0. The van der Waals surface area contributed by atoms with Crippen LogP contribution in [0.1, 0.15) is 51.4 Å². The molecule has 4 unspecified atom stereocenters. The van der Waals surface area contributed by atoms with Crippen molar-refractivity contribution in [3.05, 3.63) is 0 Å². The predicted molar refractivity (Wildman–Crippen MR) is 80.5 cm³/mol. The zero-order valence-corrected chi connectivity index (χ0v) is 13.3. The molecule has 3 nitrogen and oxygen atoms in total. The fourth-order valence-electron chi connectivity index (χ4n) is 3.88. The van der Waals surface area contributed by atoms with Crippen molar-refractivity contribution < 1.29 is 4.74 Å². The SMILES string of the molecule is CN(C)C1CCCCC1OC1CCCCC1N(C)C. The molecular formula is C16H32N2O. The van der Waals surface area contributed by atoms with E-state index in [0.717, 1.165) is 0 Å². The lowest BCUT2D eigenvalue weighted by Gasteiger charge is -2.42. The predicted octanol–water partition coefficient (Wildman–Crippen LogP) is 2.75. The zero-order chi connectivity index (χ0) is 13.8. The maximum atomic E-state index is 6.60. The van der Waals surface area contributed by atoms with Gasteiger partial charge in [0.2, 0.25) is 0 Å². The monoisotopic (exact) mass is 268 g/mol.